The van der Waals surface area contributed by atoms with E-state index in [0.29, 0.717) is 24.9 Å². The first-order valence-corrected chi connectivity index (χ1v) is 8.69. The van der Waals surface area contributed by atoms with Gasteiger partial charge in [-0.2, -0.15) is 4.31 Å². The van der Waals surface area contributed by atoms with E-state index in [4.69, 9.17) is 4.74 Å². The monoisotopic (exact) mass is 309 g/mol. The zero-order chi connectivity index (χ0) is 15.3. The Kier molecular flexibility index (Phi) is 3.33. The normalized spacial score (nSPS) is 26.1. The van der Waals surface area contributed by atoms with Crippen molar-refractivity contribution in [3.8, 4) is 0 Å². The maximum Gasteiger partial charge on any atom is 0.339 e. The second-order valence-electron chi connectivity index (χ2n) is 5.96. The van der Waals surface area contributed by atoms with E-state index in [1.165, 1.54) is 4.31 Å². The van der Waals surface area contributed by atoms with E-state index in [1.54, 1.807) is 26.0 Å². The molecule has 0 aromatic heterocycles. The lowest BCUT2D eigenvalue weighted by Crippen LogP contribution is -2.50. The number of hydrogen-bond donors (Lipinski definition) is 0. The molecule has 1 aromatic rings. The molecule has 0 bridgehead atoms. The van der Waals surface area contributed by atoms with Crippen molar-refractivity contribution in [1.29, 1.82) is 0 Å². The largest absolute Gasteiger partial charge is 0.449 e. The standard InChI is InChI=1S/C15H19NO4S/c1-11(2)21(18,19)16-9-5-8-15(10-16)13-7-4-3-6-12(13)14(17)20-15/h3-4,6-7,11H,5,8-10H2,1-2H3. The number of ether oxygens (including phenoxy) is 1. The van der Waals surface area contributed by atoms with Crippen LogP contribution < -0.4 is 0 Å². The van der Waals surface area contributed by atoms with Gasteiger partial charge in [-0.3, -0.25) is 0 Å². The number of benzene rings is 1. The van der Waals surface area contributed by atoms with Crippen LogP contribution in [0, 0.1) is 0 Å². The molecule has 0 aliphatic carbocycles. The van der Waals surface area contributed by atoms with Crippen LogP contribution in [0.2, 0.25) is 0 Å². The number of carbonyl (C=O) groups is 1. The minimum absolute atomic E-state index is 0.219. The van der Waals surface area contributed by atoms with Gasteiger partial charge < -0.3 is 4.74 Å². The van der Waals surface area contributed by atoms with E-state index in [9.17, 15) is 13.2 Å². The first-order valence-electron chi connectivity index (χ1n) is 7.19. The molecule has 1 saturated heterocycles. The fourth-order valence-corrected chi connectivity index (χ4v) is 4.52. The maximum atomic E-state index is 12.4. The van der Waals surface area contributed by atoms with Crippen LogP contribution in [0.1, 0.15) is 42.6 Å². The number of piperidine rings is 1. The summed E-state index contributed by atoms with van der Waals surface area (Å²) >= 11 is 0. The second kappa shape index (κ2) is 4.81. The summed E-state index contributed by atoms with van der Waals surface area (Å²) in [6.45, 7) is 4.05. The molecular weight excluding hydrogens is 290 g/mol. The Hall–Kier alpha value is -1.40. The average Bonchev–Trinajstić information content (AvgIpc) is 2.72. The Balaban J connectivity index is 2.00. The minimum atomic E-state index is -3.34. The predicted octanol–water partition coefficient (Wildman–Crippen LogP) is 1.89. The number of rotatable bonds is 2. The molecule has 2 aliphatic rings. The molecule has 0 amide bonds. The van der Waals surface area contributed by atoms with E-state index in [1.807, 2.05) is 12.1 Å². The number of hydrogen-bond acceptors (Lipinski definition) is 4. The summed E-state index contributed by atoms with van der Waals surface area (Å²) in [5.41, 5.74) is 0.563. The predicted molar refractivity (Wildman–Crippen MR) is 78.4 cm³/mol. The van der Waals surface area contributed by atoms with Crippen molar-refractivity contribution in [2.45, 2.75) is 37.5 Å². The molecule has 1 unspecified atom stereocenters. The van der Waals surface area contributed by atoms with Gasteiger partial charge in [-0.25, -0.2) is 13.2 Å². The van der Waals surface area contributed by atoms with Gasteiger partial charge in [0.2, 0.25) is 10.0 Å². The number of esters is 1. The quantitative estimate of drug-likeness (QED) is 0.783. The zero-order valence-corrected chi connectivity index (χ0v) is 13.0. The number of sulfonamides is 1. The topological polar surface area (TPSA) is 63.7 Å². The molecule has 21 heavy (non-hydrogen) atoms. The lowest BCUT2D eigenvalue weighted by atomic mass is 9.86. The Morgan fingerprint density at radius 3 is 2.71 bits per heavy atom. The van der Waals surface area contributed by atoms with Gasteiger partial charge in [0.15, 0.2) is 5.60 Å². The third-order valence-corrected chi connectivity index (χ3v) is 6.52. The van der Waals surface area contributed by atoms with Gasteiger partial charge in [-0.05, 0) is 32.8 Å². The summed E-state index contributed by atoms with van der Waals surface area (Å²) in [6.07, 6.45) is 1.35. The fourth-order valence-electron chi connectivity index (χ4n) is 3.15. The van der Waals surface area contributed by atoms with Crippen LogP contribution in [0.25, 0.3) is 0 Å². The summed E-state index contributed by atoms with van der Waals surface area (Å²) in [7, 11) is -3.34. The molecule has 0 saturated carbocycles. The summed E-state index contributed by atoms with van der Waals surface area (Å²) in [5.74, 6) is -0.352. The Morgan fingerprint density at radius 1 is 1.29 bits per heavy atom. The minimum Gasteiger partial charge on any atom is -0.449 e. The second-order valence-corrected chi connectivity index (χ2v) is 8.45. The van der Waals surface area contributed by atoms with Crippen molar-refractivity contribution in [3.63, 3.8) is 0 Å². The molecule has 3 rings (SSSR count). The van der Waals surface area contributed by atoms with Crippen LogP contribution >= 0.6 is 0 Å². The average molecular weight is 309 g/mol. The molecule has 2 aliphatic heterocycles. The molecule has 5 nitrogen and oxygen atoms in total. The summed E-state index contributed by atoms with van der Waals surface area (Å²) in [6, 6.07) is 7.26. The van der Waals surface area contributed by atoms with Gasteiger partial charge in [-0.1, -0.05) is 18.2 Å². The van der Waals surface area contributed by atoms with Gasteiger partial charge in [0.1, 0.15) is 0 Å². The van der Waals surface area contributed by atoms with Crippen molar-refractivity contribution in [2.24, 2.45) is 0 Å². The number of fused-ring (bicyclic) bond motifs is 2. The van der Waals surface area contributed by atoms with Crippen molar-refractivity contribution < 1.29 is 17.9 Å². The van der Waals surface area contributed by atoms with E-state index in [-0.39, 0.29) is 12.5 Å². The molecule has 1 atom stereocenters. The highest BCUT2D eigenvalue weighted by Crippen LogP contribution is 2.43. The number of carbonyl (C=O) groups excluding carboxylic acids is 1. The highest BCUT2D eigenvalue weighted by Gasteiger charge is 2.50. The molecular formula is C15H19NO4S. The molecule has 0 N–H and O–H groups in total. The maximum absolute atomic E-state index is 12.4. The van der Waals surface area contributed by atoms with Crippen molar-refractivity contribution in [2.75, 3.05) is 13.1 Å². The molecule has 114 valence electrons. The highest BCUT2D eigenvalue weighted by molar-refractivity contribution is 7.89. The lowest BCUT2D eigenvalue weighted by Gasteiger charge is -2.39. The molecule has 0 radical (unpaired) electrons. The van der Waals surface area contributed by atoms with Gasteiger partial charge in [-0.15, -0.1) is 0 Å². The molecule has 1 spiro atoms. The molecule has 1 fully saturated rings. The van der Waals surface area contributed by atoms with E-state index < -0.39 is 20.9 Å². The molecule has 2 heterocycles. The van der Waals surface area contributed by atoms with Crippen LogP contribution in [0.5, 0.6) is 0 Å². The SMILES string of the molecule is CC(C)S(=O)(=O)N1CCCC2(C1)OC(=O)c1ccccc12. The Bertz CT molecular complexity index is 683. The molecule has 6 heteroatoms. The molecule has 1 aromatic carbocycles. The van der Waals surface area contributed by atoms with Crippen molar-refractivity contribution in [1.82, 2.24) is 4.31 Å². The zero-order valence-electron chi connectivity index (χ0n) is 12.2. The summed E-state index contributed by atoms with van der Waals surface area (Å²) < 4.78 is 31.9. The van der Waals surface area contributed by atoms with Gasteiger partial charge >= 0.3 is 5.97 Å². The lowest BCUT2D eigenvalue weighted by molar-refractivity contribution is -0.0346. The first kappa shape index (κ1) is 14.5. The third kappa shape index (κ3) is 2.17. The van der Waals surface area contributed by atoms with Crippen LogP contribution in [-0.2, 0) is 20.4 Å². The highest BCUT2D eigenvalue weighted by atomic mass is 32.2. The van der Waals surface area contributed by atoms with Gasteiger partial charge in [0.25, 0.3) is 0 Å². The first-order chi connectivity index (χ1) is 9.87. The van der Waals surface area contributed by atoms with Gasteiger partial charge in [0, 0.05) is 12.1 Å². The van der Waals surface area contributed by atoms with Crippen molar-refractivity contribution in [3.05, 3.63) is 35.4 Å². The van der Waals surface area contributed by atoms with E-state index >= 15 is 0 Å². The summed E-state index contributed by atoms with van der Waals surface area (Å²) in [5, 5.41) is -0.472. The third-order valence-electron chi connectivity index (χ3n) is 4.30. The summed E-state index contributed by atoms with van der Waals surface area (Å²) in [4.78, 5) is 12.0. The van der Waals surface area contributed by atoms with Crippen LogP contribution in [-0.4, -0.2) is 37.0 Å². The van der Waals surface area contributed by atoms with Gasteiger partial charge in [0.05, 0.1) is 17.4 Å². The van der Waals surface area contributed by atoms with Crippen LogP contribution in [0.4, 0.5) is 0 Å². The number of nitrogens with zero attached hydrogens (tertiary/aromatic N) is 1. The fraction of sp³-hybridized carbons (Fsp3) is 0.533. The Labute approximate surface area is 124 Å². The smallest absolute Gasteiger partial charge is 0.339 e. The van der Waals surface area contributed by atoms with Crippen LogP contribution in [0.3, 0.4) is 0 Å². The van der Waals surface area contributed by atoms with E-state index in [2.05, 4.69) is 0 Å². The van der Waals surface area contributed by atoms with E-state index in [0.717, 1.165) is 5.56 Å². The Morgan fingerprint density at radius 2 is 2.00 bits per heavy atom. The van der Waals surface area contributed by atoms with Crippen molar-refractivity contribution >= 4 is 16.0 Å². The van der Waals surface area contributed by atoms with Crippen LogP contribution in [0.15, 0.2) is 24.3 Å².